The number of amides is 1. The molecule has 2 aromatic rings. The summed E-state index contributed by atoms with van der Waals surface area (Å²) in [5.74, 6) is 1.12. The summed E-state index contributed by atoms with van der Waals surface area (Å²) in [5, 5.41) is 3.18. The van der Waals surface area contributed by atoms with Gasteiger partial charge in [0.15, 0.2) is 0 Å². The number of piperidine rings is 1. The van der Waals surface area contributed by atoms with E-state index in [1.807, 2.05) is 24.3 Å². The van der Waals surface area contributed by atoms with E-state index in [1.165, 1.54) is 32.1 Å². The molecular weight excluding hydrogens is 350 g/mol. The number of para-hydroxylation sites is 2. The van der Waals surface area contributed by atoms with Crippen molar-refractivity contribution in [2.45, 2.75) is 51.0 Å². The van der Waals surface area contributed by atoms with Crippen LogP contribution in [0.4, 0.5) is 5.95 Å². The summed E-state index contributed by atoms with van der Waals surface area (Å²) in [5.41, 5.74) is 2.03. The smallest absolute Gasteiger partial charge is 0.224 e. The predicted octanol–water partition coefficient (Wildman–Crippen LogP) is 3.16. The average Bonchev–Trinajstić information content (AvgIpc) is 3.19. The third kappa shape index (κ3) is 4.49. The van der Waals surface area contributed by atoms with Gasteiger partial charge < -0.3 is 20.1 Å². The fourth-order valence-corrected chi connectivity index (χ4v) is 4.68. The van der Waals surface area contributed by atoms with Gasteiger partial charge in [-0.05, 0) is 44.9 Å². The van der Waals surface area contributed by atoms with Crippen LogP contribution in [0.3, 0.4) is 0 Å². The van der Waals surface area contributed by atoms with Crippen molar-refractivity contribution < 1.29 is 4.79 Å². The van der Waals surface area contributed by atoms with E-state index < -0.39 is 0 Å². The lowest BCUT2D eigenvalue weighted by Gasteiger charge is -2.33. The molecule has 6 nitrogen and oxygen atoms in total. The van der Waals surface area contributed by atoms with Gasteiger partial charge in [-0.1, -0.05) is 31.4 Å². The van der Waals surface area contributed by atoms with E-state index in [0.29, 0.717) is 6.04 Å². The van der Waals surface area contributed by atoms with E-state index in [2.05, 4.69) is 27.1 Å². The van der Waals surface area contributed by atoms with Crippen LogP contribution in [0, 0.1) is 5.92 Å². The Morgan fingerprint density at radius 3 is 2.86 bits per heavy atom. The number of likely N-dealkylation sites (N-methyl/N-ethyl adjacent to an activating group) is 1. The molecule has 1 atom stereocenters. The number of nitrogens with zero attached hydrogens (tertiary/aromatic N) is 3. The van der Waals surface area contributed by atoms with Gasteiger partial charge in [-0.2, -0.15) is 0 Å². The van der Waals surface area contributed by atoms with Crippen LogP contribution in [0.2, 0.25) is 0 Å². The minimum atomic E-state index is 0.0435. The maximum absolute atomic E-state index is 12.7. The summed E-state index contributed by atoms with van der Waals surface area (Å²) < 4.78 is 0. The van der Waals surface area contributed by atoms with Crippen LogP contribution in [0.1, 0.15) is 44.9 Å². The SMILES string of the molecule is CN(CCNC(=O)[C@H]1CCCN(c2nc3ccccc3[nH]2)C1)C1CCCCC1. The fraction of sp³-hybridized carbons (Fsp3) is 0.636. The Morgan fingerprint density at radius 2 is 2.04 bits per heavy atom. The minimum absolute atomic E-state index is 0.0435. The molecule has 1 aliphatic heterocycles. The largest absolute Gasteiger partial charge is 0.355 e. The number of aromatic nitrogens is 2. The highest BCUT2D eigenvalue weighted by molar-refractivity contribution is 5.80. The molecule has 0 bridgehead atoms. The number of fused-ring (bicyclic) bond motifs is 1. The van der Waals surface area contributed by atoms with Gasteiger partial charge in [0, 0.05) is 32.2 Å². The molecule has 152 valence electrons. The lowest BCUT2D eigenvalue weighted by atomic mass is 9.94. The molecule has 1 saturated heterocycles. The number of aromatic amines is 1. The molecule has 4 rings (SSSR count). The molecule has 6 heteroatoms. The monoisotopic (exact) mass is 383 g/mol. The quantitative estimate of drug-likeness (QED) is 0.804. The molecule has 0 radical (unpaired) electrons. The molecule has 1 aromatic heterocycles. The van der Waals surface area contributed by atoms with Crippen molar-refractivity contribution in [2.75, 3.05) is 38.1 Å². The van der Waals surface area contributed by atoms with Crippen LogP contribution >= 0.6 is 0 Å². The first-order valence-electron chi connectivity index (χ1n) is 10.9. The minimum Gasteiger partial charge on any atom is -0.355 e. The van der Waals surface area contributed by atoms with Gasteiger partial charge in [0.05, 0.1) is 17.0 Å². The molecule has 2 aliphatic rings. The van der Waals surface area contributed by atoms with Gasteiger partial charge >= 0.3 is 0 Å². The molecule has 2 N–H and O–H groups in total. The highest BCUT2D eigenvalue weighted by atomic mass is 16.1. The molecule has 1 amide bonds. The summed E-state index contributed by atoms with van der Waals surface area (Å²) >= 11 is 0. The number of rotatable bonds is 6. The van der Waals surface area contributed by atoms with Gasteiger partial charge in [0.2, 0.25) is 11.9 Å². The van der Waals surface area contributed by atoms with E-state index in [4.69, 9.17) is 4.98 Å². The Kier molecular flexibility index (Phi) is 6.15. The topological polar surface area (TPSA) is 64.3 Å². The summed E-state index contributed by atoms with van der Waals surface area (Å²) in [6, 6.07) is 8.78. The Bertz CT molecular complexity index is 749. The number of nitrogens with one attached hydrogen (secondary N) is 2. The van der Waals surface area contributed by atoms with Crippen LogP contribution in [0.25, 0.3) is 11.0 Å². The number of carbonyl (C=O) groups is 1. The van der Waals surface area contributed by atoms with Gasteiger partial charge in [0.1, 0.15) is 0 Å². The molecule has 2 heterocycles. The Balaban J connectivity index is 1.27. The van der Waals surface area contributed by atoms with E-state index in [1.54, 1.807) is 0 Å². The Hall–Kier alpha value is -2.08. The van der Waals surface area contributed by atoms with E-state index in [-0.39, 0.29) is 11.8 Å². The van der Waals surface area contributed by atoms with Gasteiger partial charge in [0.25, 0.3) is 0 Å². The zero-order valence-corrected chi connectivity index (χ0v) is 17.0. The van der Waals surface area contributed by atoms with E-state index in [0.717, 1.165) is 56.0 Å². The van der Waals surface area contributed by atoms with Crippen LogP contribution in [-0.2, 0) is 4.79 Å². The van der Waals surface area contributed by atoms with Crippen molar-refractivity contribution in [3.8, 4) is 0 Å². The van der Waals surface area contributed by atoms with E-state index >= 15 is 0 Å². The van der Waals surface area contributed by atoms with Gasteiger partial charge in [-0.3, -0.25) is 4.79 Å². The number of imidazole rings is 1. The first kappa shape index (κ1) is 19.2. The molecule has 2 fully saturated rings. The second kappa shape index (κ2) is 8.95. The van der Waals surface area contributed by atoms with Crippen molar-refractivity contribution in [3.05, 3.63) is 24.3 Å². The van der Waals surface area contributed by atoms with Crippen molar-refractivity contribution >= 4 is 22.9 Å². The normalized spacial score (nSPS) is 21.4. The highest BCUT2D eigenvalue weighted by Gasteiger charge is 2.27. The maximum atomic E-state index is 12.7. The van der Waals surface area contributed by atoms with Crippen LogP contribution < -0.4 is 10.2 Å². The number of benzene rings is 1. The number of carbonyl (C=O) groups excluding carboxylic acids is 1. The summed E-state index contributed by atoms with van der Waals surface area (Å²) in [7, 11) is 2.20. The fourth-order valence-electron chi connectivity index (χ4n) is 4.68. The van der Waals surface area contributed by atoms with Crippen molar-refractivity contribution in [2.24, 2.45) is 5.92 Å². The lowest BCUT2D eigenvalue weighted by Crippen LogP contribution is -2.45. The van der Waals surface area contributed by atoms with Crippen LogP contribution in [0.15, 0.2) is 24.3 Å². The molecule has 1 aliphatic carbocycles. The van der Waals surface area contributed by atoms with E-state index in [9.17, 15) is 4.79 Å². The van der Waals surface area contributed by atoms with Crippen molar-refractivity contribution in [1.82, 2.24) is 20.2 Å². The van der Waals surface area contributed by atoms with Crippen molar-refractivity contribution in [1.29, 1.82) is 0 Å². The lowest BCUT2D eigenvalue weighted by molar-refractivity contribution is -0.125. The molecule has 1 saturated carbocycles. The number of hydrogen-bond donors (Lipinski definition) is 2. The van der Waals surface area contributed by atoms with Gasteiger partial charge in [-0.15, -0.1) is 0 Å². The third-order valence-electron chi connectivity index (χ3n) is 6.43. The first-order chi connectivity index (χ1) is 13.7. The standard InChI is InChI=1S/C22H33N5O/c1-26(18-9-3-2-4-10-18)15-13-23-21(28)17-8-7-14-27(16-17)22-24-19-11-5-6-12-20(19)25-22/h5-6,11-12,17-18H,2-4,7-10,13-16H2,1H3,(H,23,28)(H,24,25)/t17-/m0/s1. The number of hydrogen-bond acceptors (Lipinski definition) is 4. The molecule has 0 unspecified atom stereocenters. The van der Waals surface area contributed by atoms with Crippen LogP contribution in [-0.4, -0.2) is 60.0 Å². The predicted molar refractivity (Wildman–Crippen MR) is 114 cm³/mol. The second-order valence-electron chi connectivity index (χ2n) is 8.43. The maximum Gasteiger partial charge on any atom is 0.224 e. The summed E-state index contributed by atoms with van der Waals surface area (Å²) in [4.78, 5) is 25.5. The number of anilines is 1. The second-order valence-corrected chi connectivity index (χ2v) is 8.43. The summed E-state index contributed by atoms with van der Waals surface area (Å²) in [6.07, 6.45) is 8.67. The molecule has 28 heavy (non-hydrogen) atoms. The zero-order valence-electron chi connectivity index (χ0n) is 17.0. The molecule has 0 spiro atoms. The molecular formula is C22H33N5O. The highest BCUT2D eigenvalue weighted by Crippen LogP contribution is 2.24. The zero-order chi connectivity index (χ0) is 19.3. The molecule has 1 aromatic carbocycles. The Morgan fingerprint density at radius 1 is 1.21 bits per heavy atom. The average molecular weight is 384 g/mol. The van der Waals surface area contributed by atoms with Crippen molar-refractivity contribution in [3.63, 3.8) is 0 Å². The third-order valence-corrected chi connectivity index (χ3v) is 6.43. The number of H-pyrrole nitrogens is 1. The Labute approximate surface area is 167 Å². The first-order valence-corrected chi connectivity index (χ1v) is 10.9. The van der Waals surface area contributed by atoms with Gasteiger partial charge in [-0.25, -0.2) is 4.98 Å². The van der Waals surface area contributed by atoms with Crippen LogP contribution in [0.5, 0.6) is 0 Å². The summed E-state index contributed by atoms with van der Waals surface area (Å²) in [6.45, 7) is 3.38.